The summed E-state index contributed by atoms with van der Waals surface area (Å²) < 4.78 is 5.56. The zero-order chi connectivity index (χ0) is 22.9. The van der Waals surface area contributed by atoms with Crippen LogP contribution in [-0.2, 0) is 22.4 Å². The van der Waals surface area contributed by atoms with Crippen LogP contribution in [0.1, 0.15) is 60.1 Å². The summed E-state index contributed by atoms with van der Waals surface area (Å²) in [4.78, 5) is 27.6. The number of carboxylic acid groups (broad SMARTS) is 1. The first-order valence-corrected chi connectivity index (χ1v) is 11.9. The van der Waals surface area contributed by atoms with E-state index in [4.69, 9.17) is 9.84 Å². The Morgan fingerprint density at radius 1 is 1.06 bits per heavy atom. The van der Waals surface area contributed by atoms with Gasteiger partial charge in [-0.2, -0.15) is 0 Å². The van der Waals surface area contributed by atoms with Crippen LogP contribution >= 0.6 is 11.3 Å². The lowest BCUT2D eigenvalue weighted by Crippen LogP contribution is -2.40. The molecule has 1 saturated heterocycles. The second-order valence-electron chi connectivity index (χ2n) is 9.26. The molecule has 1 aromatic heterocycles. The summed E-state index contributed by atoms with van der Waals surface area (Å²) in [5.74, 6) is -0.938. The van der Waals surface area contributed by atoms with E-state index in [2.05, 4.69) is 30.3 Å². The third-order valence-corrected chi connectivity index (χ3v) is 6.93. The van der Waals surface area contributed by atoms with Gasteiger partial charge in [0.1, 0.15) is 5.60 Å². The fraction of sp³-hybridized carbons (Fsp3) is 0.385. The number of fused-ring (bicyclic) bond motifs is 2. The maximum absolute atomic E-state index is 12.5. The van der Waals surface area contributed by atoms with Crippen LogP contribution in [0.4, 0.5) is 4.79 Å². The van der Waals surface area contributed by atoms with Crippen LogP contribution in [0.3, 0.4) is 0 Å². The molecule has 5 nitrogen and oxygen atoms in total. The van der Waals surface area contributed by atoms with Crippen LogP contribution < -0.4 is 0 Å². The molecule has 0 spiro atoms. The summed E-state index contributed by atoms with van der Waals surface area (Å²) in [5.41, 5.74) is 5.94. The lowest BCUT2D eigenvalue weighted by molar-refractivity contribution is -0.131. The van der Waals surface area contributed by atoms with Gasteiger partial charge in [-0.15, -0.1) is 11.3 Å². The second kappa shape index (κ2) is 8.94. The molecule has 0 bridgehead atoms. The number of piperidine rings is 1. The number of rotatable bonds is 2. The van der Waals surface area contributed by atoms with E-state index in [0.717, 1.165) is 30.6 Å². The minimum absolute atomic E-state index is 0.250. The Kier molecular flexibility index (Phi) is 6.24. The highest BCUT2D eigenvalue weighted by atomic mass is 32.1. The minimum Gasteiger partial charge on any atom is -0.478 e. The summed E-state index contributed by atoms with van der Waals surface area (Å²) in [5, 5.41) is 9.01. The quantitative estimate of drug-likeness (QED) is 0.588. The number of hydrogen-bond acceptors (Lipinski definition) is 4. The molecule has 0 saturated carbocycles. The molecule has 0 atom stereocenters. The van der Waals surface area contributed by atoms with Gasteiger partial charge in [0.05, 0.1) is 0 Å². The van der Waals surface area contributed by atoms with E-state index in [9.17, 15) is 9.59 Å². The monoisotopic (exact) mass is 451 g/mol. The van der Waals surface area contributed by atoms with Crippen LogP contribution in [0.25, 0.3) is 11.6 Å². The average molecular weight is 452 g/mol. The normalized spacial score (nSPS) is 16.5. The van der Waals surface area contributed by atoms with Gasteiger partial charge in [-0.05, 0) is 80.9 Å². The number of carboxylic acids is 1. The molecule has 32 heavy (non-hydrogen) atoms. The fourth-order valence-electron chi connectivity index (χ4n) is 4.37. The fourth-order valence-corrected chi connectivity index (χ4v) is 5.45. The van der Waals surface area contributed by atoms with Crippen molar-refractivity contribution in [3.05, 3.63) is 68.4 Å². The van der Waals surface area contributed by atoms with Gasteiger partial charge in [-0.3, -0.25) is 0 Å². The average Bonchev–Trinajstić information content (AvgIpc) is 3.07. The van der Waals surface area contributed by atoms with Gasteiger partial charge >= 0.3 is 12.1 Å². The summed E-state index contributed by atoms with van der Waals surface area (Å²) >= 11 is 1.67. The maximum Gasteiger partial charge on any atom is 0.410 e. The lowest BCUT2D eigenvalue weighted by atomic mass is 9.87. The second-order valence-corrected chi connectivity index (χ2v) is 10.4. The van der Waals surface area contributed by atoms with Crippen LogP contribution in [-0.4, -0.2) is 40.8 Å². The molecule has 1 fully saturated rings. The molecular formula is C26H29NO4S. The van der Waals surface area contributed by atoms with E-state index in [1.54, 1.807) is 22.3 Å². The number of benzene rings is 1. The minimum atomic E-state index is -0.938. The first-order chi connectivity index (χ1) is 15.2. The van der Waals surface area contributed by atoms with Crippen LogP contribution in [0.15, 0.2) is 42.0 Å². The zero-order valence-corrected chi connectivity index (χ0v) is 19.6. The maximum atomic E-state index is 12.5. The first-order valence-electron chi connectivity index (χ1n) is 11.0. The number of ether oxygens (including phenoxy) is 1. The van der Waals surface area contributed by atoms with E-state index in [0.29, 0.717) is 13.1 Å². The Morgan fingerprint density at radius 2 is 1.78 bits per heavy atom. The van der Waals surface area contributed by atoms with E-state index < -0.39 is 11.6 Å². The number of hydrogen-bond donors (Lipinski definition) is 1. The molecule has 0 unspecified atom stereocenters. The molecule has 4 rings (SSSR count). The number of carbonyl (C=O) groups excluding carboxylic acids is 1. The van der Waals surface area contributed by atoms with Crippen LogP contribution in [0.5, 0.6) is 0 Å². The highest BCUT2D eigenvalue weighted by Gasteiger charge is 2.28. The van der Waals surface area contributed by atoms with Gasteiger partial charge in [0.2, 0.25) is 0 Å². The van der Waals surface area contributed by atoms with Crippen molar-refractivity contribution in [2.75, 3.05) is 13.1 Å². The Hall–Kier alpha value is -2.86. The van der Waals surface area contributed by atoms with Gasteiger partial charge < -0.3 is 14.7 Å². The molecular weight excluding hydrogens is 422 g/mol. The van der Waals surface area contributed by atoms with Crippen molar-refractivity contribution >= 4 is 35.0 Å². The molecule has 1 aliphatic carbocycles. The molecule has 2 aliphatic rings. The van der Waals surface area contributed by atoms with Crippen molar-refractivity contribution in [2.45, 2.75) is 52.1 Å². The third-order valence-electron chi connectivity index (χ3n) is 5.77. The van der Waals surface area contributed by atoms with E-state index in [1.165, 1.54) is 38.8 Å². The number of aliphatic carboxylic acids is 1. The van der Waals surface area contributed by atoms with Gasteiger partial charge in [0.25, 0.3) is 0 Å². The highest BCUT2D eigenvalue weighted by Crippen LogP contribution is 2.42. The highest BCUT2D eigenvalue weighted by molar-refractivity contribution is 7.13. The Labute approximate surface area is 193 Å². The number of likely N-dealkylation sites (tertiary alicyclic amines) is 1. The lowest BCUT2D eigenvalue weighted by Gasteiger charge is -2.32. The van der Waals surface area contributed by atoms with Crippen molar-refractivity contribution in [1.29, 1.82) is 0 Å². The third kappa shape index (κ3) is 4.96. The van der Waals surface area contributed by atoms with Gasteiger partial charge in [0, 0.05) is 28.9 Å². The first kappa shape index (κ1) is 22.3. The summed E-state index contributed by atoms with van der Waals surface area (Å²) in [6, 6.07) is 10.7. The standard InChI is InChI=1S/C26H29NO4S/c1-26(2,3)31-25(30)27-14-12-18(13-15-27)24-20-7-5-4-6-17(20)8-10-22-21(24)16-19(32-22)9-11-23(28)29/h4-7,9,11,16H,8,10,12-15H2,1-3H3,(H,28,29). The number of thiophene rings is 1. The Balaban J connectivity index is 1.69. The summed E-state index contributed by atoms with van der Waals surface area (Å²) in [6.45, 7) is 6.94. The number of nitrogens with zero attached hydrogens (tertiary/aromatic N) is 1. The number of amides is 1. The number of aryl methyl sites for hydroxylation is 2. The van der Waals surface area contributed by atoms with E-state index in [-0.39, 0.29) is 6.09 Å². The largest absolute Gasteiger partial charge is 0.478 e. The Bertz CT molecular complexity index is 1090. The predicted molar refractivity (Wildman–Crippen MR) is 128 cm³/mol. The van der Waals surface area contributed by atoms with Crippen molar-refractivity contribution in [3.8, 4) is 0 Å². The van der Waals surface area contributed by atoms with Crippen molar-refractivity contribution < 1.29 is 19.4 Å². The smallest absolute Gasteiger partial charge is 0.410 e. The van der Waals surface area contributed by atoms with Crippen molar-refractivity contribution in [3.63, 3.8) is 0 Å². The van der Waals surface area contributed by atoms with Crippen molar-refractivity contribution in [1.82, 2.24) is 4.90 Å². The SMILES string of the molecule is CC(C)(C)OC(=O)N1CCC(=C2c3ccccc3CCc3sc(C=CC(=O)O)cc32)CC1. The predicted octanol–water partition coefficient (Wildman–Crippen LogP) is 5.78. The van der Waals surface area contributed by atoms with Crippen LogP contribution in [0.2, 0.25) is 0 Å². The molecule has 1 amide bonds. The van der Waals surface area contributed by atoms with Crippen molar-refractivity contribution in [2.24, 2.45) is 0 Å². The molecule has 1 aliphatic heterocycles. The van der Waals surface area contributed by atoms with Gasteiger partial charge in [-0.1, -0.05) is 29.8 Å². The van der Waals surface area contributed by atoms with Gasteiger partial charge in [-0.25, -0.2) is 9.59 Å². The molecule has 2 aromatic rings. The number of carbonyl (C=O) groups is 2. The van der Waals surface area contributed by atoms with E-state index >= 15 is 0 Å². The topological polar surface area (TPSA) is 66.8 Å². The molecule has 0 radical (unpaired) electrons. The molecule has 6 heteroatoms. The van der Waals surface area contributed by atoms with Crippen LogP contribution in [0, 0.1) is 0 Å². The van der Waals surface area contributed by atoms with E-state index in [1.807, 2.05) is 20.8 Å². The summed E-state index contributed by atoms with van der Waals surface area (Å²) in [6.07, 6.45) is 6.15. The Morgan fingerprint density at radius 3 is 2.47 bits per heavy atom. The molecule has 2 heterocycles. The zero-order valence-electron chi connectivity index (χ0n) is 18.8. The summed E-state index contributed by atoms with van der Waals surface area (Å²) in [7, 11) is 0. The molecule has 1 aromatic carbocycles. The molecule has 1 N–H and O–H groups in total. The molecule has 168 valence electrons. The van der Waals surface area contributed by atoms with Gasteiger partial charge in [0.15, 0.2) is 0 Å².